The van der Waals surface area contributed by atoms with Gasteiger partial charge in [-0.05, 0) is 14.0 Å². The maximum absolute atomic E-state index is 5.60. The van der Waals surface area contributed by atoms with Crippen LogP contribution in [-0.2, 0) is 0 Å². The molecule has 1 rings (SSSR count). The van der Waals surface area contributed by atoms with E-state index >= 15 is 0 Å². The number of hydrogen-bond donors (Lipinski definition) is 3. The van der Waals surface area contributed by atoms with Crippen LogP contribution in [0.5, 0.6) is 0 Å². The average Bonchev–Trinajstić information content (AvgIpc) is 2.42. The highest BCUT2D eigenvalue weighted by Crippen LogP contribution is 2.09. The molecule has 13 heavy (non-hydrogen) atoms. The van der Waals surface area contributed by atoms with Crippen LogP contribution in [0.3, 0.4) is 0 Å². The van der Waals surface area contributed by atoms with Crippen LogP contribution in [0.25, 0.3) is 0 Å². The van der Waals surface area contributed by atoms with Gasteiger partial charge < -0.3 is 11.1 Å². The van der Waals surface area contributed by atoms with Crippen LogP contribution in [-0.4, -0.2) is 23.8 Å². The number of H-pyrrole nitrogens is 1. The molecule has 1 aromatic heterocycles. The van der Waals surface area contributed by atoms with Gasteiger partial charge in [-0.2, -0.15) is 5.10 Å². The maximum atomic E-state index is 5.60. The van der Waals surface area contributed by atoms with Gasteiger partial charge in [0.05, 0.1) is 5.56 Å². The summed E-state index contributed by atoms with van der Waals surface area (Å²) in [4.78, 5) is 0. The lowest BCUT2D eigenvalue weighted by Crippen LogP contribution is -2.05. The van der Waals surface area contributed by atoms with Crippen LogP contribution in [0.2, 0.25) is 0 Å². The Hall–Kier alpha value is -1.47. The second kappa shape index (κ2) is 4.53. The Kier molecular flexibility index (Phi) is 3.35. The van der Waals surface area contributed by atoms with E-state index in [0.717, 1.165) is 24.2 Å². The summed E-state index contributed by atoms with van der Waals surface area (Å²) >= 11 is 0. The van der Waals surface area contributed by atoms with E-state index in [1.807, 2.05) is 14.0 Å². The number of aromatic nitrogens is 2. The molecule has 70 valence electrons. The second-order valence-electron chi connectivity index (χ2n) is 2.76. The molecule has 0 unspecified atom stereocenters. The number of nitrogens with one attached hydrogen (secondary N) is 2. The van der Waals surface area contributed by atoms with Gasteiger partial charge in [-0.15, -0.1) is 0 Å². The first-order valence-electron chi connectivity index (χ1n) is 4.19. The Labute approximate surface area is 77.9 Å². The van der Waals surface area contributed by atoms with Gasteiger partial charge in [0.15, 0.2) is 5.82 Å². The highest BCUT2D eigenvalue weighted by atomic mass is 15.2. The number of hydrogen-bond acceptors (Lipinski definition) is 3. The summed E-state index contributed by atoms with van der Waals surface area (Å²) in [6, 6.07) is 0. The van der Waals surface area contributed by atoms with E-state index in [4.69, 9.17) is 5.73 Å². The van der Waals surface area contributed by atoms with Crippen molar-refractivity contribution < 1.29 is 0 Å². The molecule has 0 aliphatic carbocycles. The third-order valence-electron chi connectivity index (χ3n) is 1.69. The Morgan fingerprint density at radius 1 is 1.62 bits per heavy atom. The van der Waals surface area contributed by atoms with E-state index in [-0.39, 0.29) is 0 Å². The van der Waals surface area contributed by atoms with Gasteiger partial charge in [0, 0.05) is 18.7 Å². The average molecular weight is 178 g/mol. The van der Waals surface area contributed by atoms with Crippen molar-refractivity contribution in [1.29, 1.82) is 0 Å². The third kappa shape index (κ3) is 2.49. The zero-order valence-corrected chi connectivity index (χ0v) is 7.94. The first-order chi connectivity index (χ1) is 6.25. The molecule has 0 bridgehead atoms. The molecule has 1 aromatic rings. The lowest BCUT2D eigenvalue weighted by atomic mass is 10.2. The predicted octanol–water partition coefficient (Wildman–Crippen LogP) is 0.261. The summed E-state index contributed by atoms with van der Waals surface area (Å²) in [7, 11) is 1.90. The molecule has 4 N–H and O–H groups in total. The number of nitrogens with two attached hydrogens (primary N) is 1. The van der Waals surface area contributed by atoms with Gasteiger partial charge in [0.25, 0.3) is 0 Å². The van der Waals surface area contributed by atoms with Crippen molar-refractivity contribution in [2.24, 2.45) is 0 Å². The molecule has 0 radical (unpaired) electrons. The Morgan fingerprint density at radius 3 is 2.92 bits per heavy atom. The zero-order valence-electron chi connectivity index (χ0n) is 7.94. The van der Waals surface area contributed by atoms with Gasteiger partial charge in [-0.1, -0.05) is 11.8 Å². The Morgan fingerprint density at radius 2 is 2.38 bits per heavy atom. The topological polar surface area (TPSA) is 66.7 Å². The third-order valence-corrected chi connectivity index (χ3v) is 1.69. The summed E-state index contributed by atoms with van der Waals surface area (Å²) in [5, 5.41) is 9.65. The normalized spacial score (nSPS) is 9.38. The summed E-state index contributed by atoms with van der Waals surface area (Å²) < 4.78 is 0. The Bertz CT molecular complexity index is 310. The molecule has 0 amide bonds. The van der Waals surface area contributed by atoms with Crippen molar-refractivity contribution in [2.45, 2.75) is 13.3 Å². The van der Waals surface area contributed by atoms with Crippen molar-refractivity contribution in [3.8, 4) is 11.8 Å². The number of aryl methyl sites for hydroxylation is 1. The summed E-state index contributed by atoms with van der Waals surface area (Å²) in [6.45, 7) is 2.80. The smallest absolute Gasteiger partial charge is 0.161 e. The lowest BCUT2D eigenvalue weighted by molar-refractivity contribution is 0.818. The number of nitrogens with zero attached hydrogens (tertiary/aromatic N) is 1. The van der Waals surface area contributed by atoms with Gasteiger partial charge in [0.1, 0.15) is 0 Å². The lowest BCUT2D eigenvalue weighted by Gasteiger charge is -1.89. The number of rotatable bonds is 2. The van der Waals surface area contributed by atoms with Crippen molar-refractivity contribution >= 4 is 5.82 Å². The molecule has 0 aliphatic rings. The van der Waals surface area contributed by atoms with Crippen molar-refractivity contribution in [3.63, 3.8) is 0 Å². The molecule has 4 nitrogen and oxygen atoms in total. The minimum absolute atomic E-state index is 0.481. The fraction of sp³-hybridized carbons (Fsp3) is 0.444. The number of anilines is 1. The summed E-state index contributed by atoms with van der Waals surface area (Å²) in [5.41, 5.74) is 7.34. The van der Waals surface area contributed by atoms with E-state index in [1.165, 1.54) is 0 Å². The SMILES string of the molecule is CNCCC#Cc1c(N)n[nH]c1C. The van der Waals surface area contributed by atoms with Crippen molar-refractivity contribution in [3.05, 3.63) is 11.3 Å². The van der Waals surface area contributed by atoms with E-state index in [2.05, 4.69) is 27.4 Å². The summed E-state index contributed by atoms with van der Waals surface area (Å²) in [6.07, 6.45) is 0.820. The molecule has 0 fully saturated rings. The molecule has 0 aliphatic heterocycles. The number of aromatic amines is 1. The molecular formula is C9H14N4. The van der Waals surface area contributed by atoms with Gasteiger partial charge in [-0.3, -0.25) is 5.10 Å². The molecular weight excluding hydrogens is 164 g/mol. The van der Waals surface area contributed by atoms with Crippen molar-refractivity contribution in [2.75, 3.05) is 19.3 Å². The van der Waals surface area contributed by atoms with Crippen LogP contribution in [0.1, 0.15) is 17.7 Å². The van der Waals surface area contributed by atoms with E-state index in [0.29, 0.717) is 5.82 Å². The van der Waals surface area contributed by atoms with E-state index < -0.39 is 0 Å². The molecule has 0 saturated carbocycles. The highest BCUT2D eigenvalue weighted by Gasteiger charge is 2.01. The molecule has 0 saturated heterocycles. The minimum atomic E-state index is 0.481. The van der Waals surface area contributed by atoms with E-state index in [1.54, 1.807) is 0 Å². The van der Waals surface area contributed by atoms with E-state index in [9.17, 15) is 0 Å². The fourth-order valence-electron chi connectivity index (χ4n) is 0.944. The van der Waals surface area contributed by atoms with Gasteiger partial charge in [-0.25, -0.2) is 0 Å². The monoisotopic (exact) mass is 178 g/mol. The van der Waals surface area contributed by atoms with Gasteiger partial charge in [0.2, 0.25) is 0 Å². The first kappa shape index (κ1) is 9.62. The molecule has 1 heterocycles. The highest BCUT2D eigenvalue weighted by molar-refractivity contribution is 5.52. The second-order valence-corrected chi connectivity index (χ2v) is 2.76. The molecule has 0 spiro atoms. The molecule has 4 heteroatoms. The fourth-order valence-corrected chi connectivity index (χ4v) is 0.944. The largest absolute Gasteiger partial charge is 0.381 e. The predicted molar refractivity (Wildman–Crippen MR) is 53.2 cm³/mol. The van der Waals surface area contributed by atoms with Crippen LogP contribution in [0.15, 0.2) is 0 Å². The van der Waals surface area contributed by atoms with Crippen LogP contribution < -0.4 is 11.1 Å². The van der Waals surface area contributed by atoms with Crippen molar-refractivity contribution in [1.82, 2.24) is 15.5 Å². The standard InChI is InChI=1S/C9H14N4/c1-7-8(9(10)13-12-7)5-3-4-6-11-2/h11H,4,6H2,1-2H3,(H3,10,12,13). The zero-order chi connectivity index (χ0) is 9.68. The minimum Gasteiger partial charge on any atom is -0.381 e. The summed E-state index contributed by atoms with van der Waals surface area (Å²) in [5.74, 6) is 6.49. The van der Waals surface area contributed by atoms with Crippen LogP contribution in [0, 0.1) is 18.8 Å². The van der Waals surface area contributed by atoms with Crippen LogP contribution >= 0.6 is 0 Å². The number of nitrogen functional groups attached to an aromatic ring is 1. The van der Waals surface area contributed by atoms with Crippen LogP contribution in [0.4, 0.5) is 5.82 Å². The maximum Gasteiger partial charge on any atom is 0.161 e. The van der Waals surface area contributed by atoms with Gasteiger partial charge >= 0.3 is 0 Å². The Balaban J connectivity index is 2.65. The molecule has 0 atom stereocenters. The quantitative estimate of drug-likeness (QED) is 0.449. The molecule has 0 aromatic carbocycles. The first-order valence-corrected chi connectivity index (χ1v) is 4.19.